The molecule has 2 atom stereocenters. The second-order valence-electron chi connectivity index (χ2n) is 5.91. The highest BCUT2D eigenvalue weighted by Crippen LogP contribution is 2.20. The van der Waals surface area contributed by atoms with Gasteiger partial charge in [0.15, 0.2) is 0 Å². The maximum atomic E-state index is 13.8. The largest absolute Gasteiger partial charge is 0.354 e. The van der Waals surface area contributed by atoms with Gasteiger partial charge in [0, 0.05) is 19.4 Å². The number of likely N-dealkylation sites (tertiary alicyclic amines) is 1. The molecular weight excluding hydrogens is 313 g/mol. The molecule has 0 aliphatic carbocycles. The number of hydrogen-bond donors (Lipinski definition) is 1. The molecule has 1 saturated heterocycles. The molecule has 2 aromatic rings. The third-order valence-electron chi connectivity index (χ3n) is 4.14. The van der Waals surface area contributed by atoms with Crippen LogP contribution in [-0.4, -0.2) is 57.0 Å². The standard InChI is InChI=1S/C16H20FN5O2/c1-2-15(23)18-8-12-7-11(17)9-21(12)16(24)10-22-19-13-5-3-4-6-14(13)20-22/h3-6,11-12H,2,7-10H2,1H3,(H,18,23)/t11-,12-/m0/s1. The first kappa shape index (κ1) is 16.4. The quantitative estimate of drug-likeness (QED) is 0.881. The topological polar surface area (TPSA) is 80.1 Å². The lowest BCUT2D eigenvalue weighted by Gasteiger charge is -2.24. The van der Waals surface area contributed by atoms with Crippen LogP contribution in [0.15, 0.2) is 24.3 Å². The molecule has 0 unspecified atom stereocenters. The minimum atomic E-state index is -1.07. The fourth-order valence-corrected chi connectivity index (χ4v) is 2.90. The Morgan fingerprint density at radius 3 is 2.58 bits per heavy atom. The zero-order valence-corrected chi connectivity index (χ0v) is 13.5. The average molecular weight is 333 g/mol. The minimum absolute atomic E-state index is 0.0420. The number of halogens is 1. The van der Waals surface area contributed by atoms with Crippen molar-refractivity contribution in [2.24, 2.45) is 0 Å². The van der Waals surface area contributed by atoms with Gasteiger partial charge in [0.05, 0.1) is 12.6 Å². The Balaban J connectivity index is 1.66. The van der Waals surface area contributed by atoms with Crippen molar-refractivity contribution < 1.29 is 14.0 Å². The van der Waals surface area contributed by atoms with Crippen LogP contribution in [0.3, 0.4) is 0 Å². The van der Waals surface area contributed by atoms with Crippen molar-refractivity contribution in [3.05, 3.63) is 24.3 Å². The normalized spacial score (nSPS) is 20.5. The van der Waals surface area contributed by atoms with E-state index < -0.39 is 6.17 Å². The van der Waals surface area contributed by atoms with Gasteiger partial charge in [0.1, 0.15) is 23.7 Å². The fourth-order valence-electron chi connectivity index (χ4n) is 2.90. The molecule has 24 heavy (non-hydrogen) atoms. The monoisotopic (exact) mass is 333 g/mol. The summed E-state index contributed by atoms with van der Waals surface area (Å²) >= 11 is 0. The Bertz CT molecular complexity index is 714. The summed E-state index contributed by atoms with van der Waals surface area (Å²) in [5.74, 6) is -0.351. The Morgan fingerprint density at radius 2 is 1.96 bits per heavy atom. The summed E-state index contributed by atoms with van der Waals surface area (Å²) in [4.78, 5) is 26.7. The number of rotatable bonds is 5. The van der Waals surface area contributed by atoms with Gasteiger partial charge in [0.25, 0.3) is 0 Å². The molecule has 3 rings (SSSR count). The van der Waals surface area contributed by atoms with Gasteiger partial charge in [-0.15, -0.1) is 0 Å². The molecule has 2 heterocycles. The molecule has 1 fully saturated rings. The predicted molar refractivity (Wildman–Crippen MR) is 85.8 cm³/mol. The number of carbonyl (C=O) groups excluding carboxylic acids is 2. The Kier molecular flexibility index (Phi) is 4.73. The van der Waals surface area contributed by atoms with Crippen molar-refractivity contribution in [3.63, 3.8) is 0 Å². The van der Waals surface area contributed by atoms with Crippen molar-refractivity contribution in [1.29, 1.82) is 0 Å². The number of nitrogens with one attached hydrogen (secondary N) is 1. The van der Waals surface area contributed by atoms with Crippen molar-refractivity contribution in [2.45, 2.75) is 38.5 Å². The van der Waals surface area contributed by atoms with Gasteiger partial charge in [0.2, 0.25) is 11.8 Å². The van der Waals surface area contributed by atoms with Gasteiger partial charge in [-0.3, -0.25) is 9.59 Å². The molecule has 1 N–H and O–H groups in total. The lowest BCUT2D eigenvalue weighted by Crippen LogP contribution is -2.44. The highest BCUT2D eigenvalue weighted by Gasteiger charge is 2.35. The van der Waals surface area contributed by atoms with E-state index in [1.807, 2.05) is 24.3 Å². The summed E-state index contributed by atoms with van der Waals surface area (Å²) < 4.78 is 13.8. The first-order valence-electron chi connectivity index (χ1n) is 8.07. The number of nitrogens with zero attached hydrogens (tertiary/aromatic N) is 4. The number of carbonyl (C=O) groups is 2. The van der Waals surface area contributed by atoms with E-state index in [0.29, 0.717) is 17.5 Å². The van der Waals surface area contributed by atoms with Crippen LogP contribution in [0.1, 0.15) is 19.8 Å². The molecule has 0 bridgehead atoms. The van der Waals surface area contributed by atoms with Gasteiger partial charge in [-0.25, -0.2) is 4.39 Å². The van der Waals surface area contributed by atoms with Gasteiger partial charge in [-0.2, -0.15) is 15.0 Å². The van der Waals surface area contributed by atoms with Gasteiger partial charge in [-0.05, 0) is 12.1 Å². The molecule has 0 radical (unpaired) electrons. The molecule has 7 nitrogen and oxygen atoms in total. The van der Waals surface area contributed by atoms with Crippen LogP contribution in [0.25, 0.3) is 11.0 Å². The number of alkyl halides is 1. The van der Waals surface area contributed by atoms with E-state index in [1.165, 1.54) is 9.70 Å². The van der Waals surface area contributed by atoms with E-state index >= 15 is 0 Å². The number of hydrogen-bond acceptors (Lipinski definition) is 4. The maximum absolute atomic E-state index is 13.8. The molecule has 8 heteroatoms. The summed E-state index contributed by atoms with van der Waals surface area (Å²) in [6.07, 6.45) is -0.463. The molecule has 0 saturated carbocycles. The zero-order valence-electron chi connectivity index (χ0n) is 13.5. The number of aromatic nitrogens is 3. The van der Waals surface area contributed by atoms with Crippen LogP contribution in [0, 0.1) is 0 Å². The molecule has 1 aromatic carbocycles. The van der Waals surface area contributed by atoms with Crippen LogP contribution in [0.4, 0.5) is 4.39 Å². The van der Waals surface area contributed by atoms with E-state index in [4.69, 9.17) is 0 Å². The molecule has 1 aliphatic heterocycles. The van der Waals surface area contributed by atoms with Crippen LogP contribution in [0.2, 0.25) is 0 Å². The molecule has 0 spiro atoms. The summed E-state index contributed by atoms with van der Waals surface area (Å²) in [6, 6.07) is 7.01. The summed E-state index contributed by atoms with van der Waals surface area (Å²) in [5.41, 5.74) is 1.42. The first-order valence-corrected chi connectivity index (χ1v) is 8.07. The van der Waals surface area contributed by atoms with Crippen LogP contribution in [-0.2, 0) is 16.1 Å². The smallest absolute Gasteiger partial charge is 0.246 e. The van der Waals surface area contributed by atoms with Crippen LogP contribution < -0.4 is 5.32 Å². The second kappa shape index (κ2) is 6.94. The van der Waals surface area contributed by atoms with Gasteiger partial charge < -0.3 is 10.2 Å². The third-order valence-corrected chi connectivity index (χ3v) is 4.14. The van der Waals surface area contributed by atoms with Gasteiger partial charge in [-0.1, -0.05) is 19.1 Å². The molecule has 128 valence electrons. The number of fused-ring (bicyclic) bond motifs is 1. The Hall–Kier alpha value is -2.51. The highest BCUT2D eigenvalue weighted by atomic mass is 19.1. The third kappa shape index (κ3) is 3.52. The van der Waals surface area contributed by atoms with Crippen molar-refractivity contribution in [1.82, 2.24) is 25.2 Å². The molecule has 2 amide bonds. The van der Waals surface area contributed by atoms with E-state index in [1.54, 1.807) is 6.92 Å². The van der Waals surface area contributed by atoms with Crippen molar-refractivity contribution in [2.75, 3.05) is 13.1 Å². The lowest BCUT2D eigenvalue weighted by atomic mass is 10.2. The SMILES string of the molecule is CCC(=O)NC[C@@H]1C[C@H](F)CN1C(=O)Cn1nc2ccccc2n1. The molecular formula is C16H20FN5O2. The van der Waals surface area contributed by atoms with E-state index in [2.05, 4.69) is 15.5 Å². The minimum Gasteiger partial charge on any atom is -0.354 e. The zero-order chi connectivity index (χ0) is 17.1. The Labute approximate surface area is 138 Å². The van der Waals surface area contributed by atoms with Crippen LogP contribution in [0.5, 0.6) is 0 Å². The molecule has 1 aromatic heterocycles. The summed E-state index contributed by atoms with van der Waals surface area (Å²) in [7, 11) is 0. The number of amides is 2. The summed E-state index contributed by atoms with van der Waals surface area (Å²) in [5, 5.41) is 11.2. The Morgan fingerprint density at radius 1 is 1.29 bits per heavy atom. The summed E-state index contributed by atoms with van der Waals surface area (Å²) in [6.45, 7) is 2.03. The van der Waals surface area contributed by atoms with Crippen molar-refractivity contribution in [3.8, 4) is 0 Å². The first-order chi connectivity index (χ1) is 11.6. The number of benzene rings is 1. The van der Waals surface area contributed by atoms with Gasteiger partial charge >= 0.3 is 0 Å². The second-order valence-corrected chi connectivity index (χ2v) is 5.91. The van der Waals surface area contributed by atoms with Crippen LogP contribution >= 0.6 is 0 Å². The average Bonchev–Trinajstić information content (AvgIpc) is 3.14. The van der Waals surface area contributed by atoms with E-state index in [0.717, 1.165) is 0 Å². The highest BCUT2D eigenvalue weighted by molar-refractivity contribution is 5.78. The van der Waals surface area contributed by atoms with E-state index in [9.17, 15) is 14.0 Å². The predicted octanol–water partition coefficient (Wildman–Crippen LogP) is 0.896. The van der Waals surface area contributed by atoms with Crippen molar-refractivity contribution >= 4 is 22.8 Å². The lowest BCUT2D eigenvalue weighted by molar-refractivity contribution is -0.133. The maximum Gasteiger partial charge on any atom is 0.246 e. The molecule has 1 aliphatic rings. The van der Waals surface area contributed by atoms with E-state index in [-0.39, 0.29) is 43.9 Å². The fraction of sp³-hybridized carbons (Fsp3) is 0.500.